The Morgan fingerprint density at radius 3 is 1.00 bits per heavy atom. The van der Waals surface area contributed by atoms with Crippen molar-refractivity contribution in [3.63, 3.8) is 0 Å². The number of rotatable bonds is 0. The van der Waals surface area contributed by atoms with Gasteiger partial charge in [-0.3, -0.25) is 0 Å². The van der Waals surface area contributed by atoms with E-state index in [0.717, 1.165) is 0 Å². The van der Waals surface area contributed by atoms with Crippen LogP contribution in [-0.4, -0.2) is 29.8 Å². The monoisotopic (exact) mass is 232 g/mol. The standard InChI is InChI=1S/CH4.Li.Si.Ta/h1H4;;;. The molecule has 0 aliphatic carbocycles. The van der Waals surface area contributed by atoms with Crippen molar-refractivity contribution in [2.75, 3.05) is 0 Å². The third kappa shape index (κ3) is 9.60. The topological polar surface area (TPSA) is 0 Å². The van der Waals surface area contributed by atoms with Crippen LogP contribution in [0.5, 0.6) is 0 Å². The van der Waals surface area contributed by atoms with Crippen molar-refractivity contribution in [2.45, 2.75) is 7.43 Å². The predicted octanol–water partition coefficient (Wildman–Crippen LogP) is -0.128. The summed E-state index contributed by atoms with van der Waals surface area (Å²) in [4.78, 5) is 0. The number of hydrogen-bond acceptors (Lipinski definition) is 0. The second-order valence-corrected chi connectivity index (χ2v) is 0. The van der Waals surface area contributed by atoms with Gasteiger partial charge in [-0.05, 0) is 0 Å². The van der Waals surface area contributed by atoms with Crippen molar-refractivity contribution in [1.82, 2.24) is 0 Å². The third-order valence-electron chi connectivity index (χ3n) is 0. The van der Waals surface area contributed by atoms with Gasteiger partial charge in [-0.15, -0.1) is 0 Å². The minimum atomic E-state index is 0. The molecule has 0 aromatic carbocycles. The predicted molar refractivity (Wildman–Crippen MR) is 18.2 cm³/mol. The fourth-order valence-electron chi connectivity index (χ4n) is 0. The Labute approximate surface area is 59.4 Å². The molecule has 0 atom stereocenters. The summed E-state index contributed by atoms with van der Waals surface area (Å²) in [6.45, 7) is 0. The molecular formula is CH4LiSiTa. The summed E-state index contributed by atoms with van der Waals surface area (Å²) in [7, 11) is 0. The van der Waals surface area contributed by atoms with Crippen LogP contribution in [0.1, 0.15) is 7.43 Å². The average Bonchev–Trinajstić information content (AvgIpc) is 0. The zero-order valence-corrected chi connectivity index (χ0v) is 6.16. The Hall–Kier alpha value is 1.55. The molecule has 3 heteroatoms. The van der Waals surface area contributed by atoms with Crippen LogP contribution in [0.3, 0.4) is 0 Å². The van der Waals surface area contributed by atoms with Crippen LogP contribution < -0.4 is 0 Å². The summed E-state index contributed by atoms with van der Waals surface area (Å²) < 4.78 is 0. The van der Waals surface area contributed by atoms with Gasteiger partial charge in [0.05, 0.1) is 0 Å². The van der Waals surface area contributed by atoms with Crippen LogP contribution >= 0.6 is 0 Å². The molecule has 0 aliphatic heterocycles. The smallest absolute Gasteiger partial charge is 0 e. The first-order valence-electron chi connectivity index (χ1n) is 0. The van der Waals surface area contributed by atoms with Gasteiger partial charge >= 0.3 is 0 Å². The largest absolute Gasteiger partial charge is 0.0776 e. The first kappa shape index (κ1) is 47.7. The molecule has 0 amide bonds. The Kier molecular flexibility index (Phi) is 284. The zero-order chi connectivity index (χ0) is 0. The number of hydrogen-bond donors (Lipinski definition) is 0. The molecule has 0 spiro atoms. The van der Waals surface area contributed by atoms with Gasteiger partial charge in [-0.2, -0.15) is 0 Å². The van der Waals surface area contributed by atoms with Crippen molar-refractivity contribution < 1.29 is 22.4 Å². The summed E-state index contributed by atoms with van der Waals surface area (Å²) >= 11 is 0. The molecule has 0 aliphatic rings. The van der Waals surface area contributed by atoms with E-state index in [2.05, 4.69) is 0 Å². The molecule has 0 aromatic heterocycles. The maximum Gasteiger partial charge on any atom is 0 e. The van der Waals surface area contributed by atoms with E-state index in [1.807, 2.05) is 0 Å². The molecule has 0 nitrogen and oxygen atoms in total. The fraction of sp³-hybridized carbons (Fsp3) is 1.00. The molecule has 0 aromatic rings. The van der Waals surface area contributed by atoms with E-state index in [1.54, 1.807) is 0 Å². The van der Waals surface area contributed by atoms with Crippen LogP contribution in [0.2, 0.25) is 0 Å². The van der Waals surface area contributed by atoms with Gasteiger partial charge in [0.2, 0.25) is 0 Å². The molecule has 0 rings (SSSR count). The van der Waals surface area contributed by atoms with E-state index >= 15 is 0 Å². The molecule has 4 heavy (non-hydrogen) atoms. The van der Waals surface area contributed by atoms with Crippen molar-refractivity contribution in [1.29, 1.82) is 0 Å². The summed E-state index contributed by atoms with van der Waals surface area (Å²) in [5, 5.41) is 0. The molecule has 6 radical (unpaired) electrons. The molecule has 0 saturated carbocycles. The second kappa shape index (κ2) is 23.8. The molecular weight excluding hydrogens is 228 g/mol. The Morgan fingerprint density at radius 2 is 1.00 bits per heavy atom. The molecule has 0 unspecified atom stereocenters. The summed E-state index contributed by atoms with van der Waals surface area (Å²) in [6.07, 6.45) is 0. The van der Waals surface area contributed by atoms with Gasteiger partial charge in [0.1, 0.15) is 0 Å². The molecule has 0 fully saturated rings. The average molecular weight is 232 g/mol. The van der Waals surface area contributed by atoms with E-state index in [0.29, 0.717) is 0 Å². The first-order valence-corrected chi connectivity index (χ1v) is 0. The minimum absolute atomic E-state index is 0. The summed E-state index contributed by atoms with van der Waals surface area (Å²) in [5.74, 6) is 0. The van der Waals surface area contributed by atoms with Gasteiger partial charge in [-0.25, -0.2) is 0 Å². The van der Waals surface area contributed by atoms with Gasteiger partial charge < -0.3 is 0 Å². The summed E-state index contributed by atoms with van der Waals surface area (Å²) in [6, 6.07) is 0. The normalized spacial score (nSPS) is 0. The van der Waals surface area contributed by atoms with Gasteiger partial charge in [0.25, 0.3) is 0 Å². The first-order chi connectivity index (χ1) is 0. The third-order valence-corrected chi connectivity index (χ3v) is 0. The summed E-state index contributed by atoms with van der Waals surface area (Å²) in [5.41, 5.74) is 0. The Bertz CT molecular complexity index is 8.00. The maximum atomic E-state index is 0. The van der Waals surface area contributed by atoms with E-state index in [4.69, 9.17) is 0 Å². The van der Waals surface area contributed by atoms with E-state index in [9.17, 15) is 0 Å². The fourth-order valence-corrected chi connectivity index (χ4v) is 0. The van der Waals surface area contributed by atoms with E-state index in [1.165, 1.54) is 0 Å². The molecule has 0 bridgehead atoms. The minimum Gasteiger partial charge on any atom is -0.0776 e. The van der Waals surface area contributed by atoms with Crippen LogP contribution in [0.25, 0.3) is 0 Å². The SMILES string of the molecule is C.[Li].[Si].[Ta]. The van der Waals surface area contributed by atoms with Gasteiger partial charge in [0, 0.05) is 52.2 Å². The second-order valence-electron chi connectivity index (χ2n) is 0. The van der Waals surface area contributed by atoms with Crippen LogP contribution in [0.15, 0.2) is 0 Å². The van der Waals surface area contributed by atoms with E-state index in [-0.39, 0.29) is 59.6 Å². The van der Waals surface area contributed by atoms with Gasteiger partial charge in [-0.1, -0.05) is 7.43 Å². The van der Waals surface area contributed by atoms with Crippen molar-refractivity contribution in [2.24, 2.45) is 0 Å². The van der Waals surface area contributed by atoms with Crippen LogP contribution in [-0.2, 0) is 22.4 Å². The molecule has 0 N–H and O–H groups in total. The maximum absolute atomic E-state index is 0. The molecule has 0 heterocycles. The van der Waals surface area contributed by atoms with Crippen molar-refractivity contribution >= 4 is 29.8 Å². The van der Waals surface area contributed by atoms with Gasteiger partial charge in [0.15, 0.2) is 0 Å². The zero-order valence-electron chi connectivity index (χ0n) is 1.95. The van der Waals surface area contributed by atoms with Crippen LogP contribution in [0, 0.1) is 0 Å². The molecule has 0 saturated heterocycles. The Balaban J connectivity index is 0. The van der Waals surface area contributed by atoms with Crippen molar-refractivity contribution in [3.8, 4) is 0 Å². The van der Waals surface area contributed by atoms with Crippen LogP contribution in [0.4, 0.5) is 0 Å². The quantitative estimate of drug-likeness (QED) is 0.510. The van der Waals surface area contributed by atoms with E-state index < -0.39 is 0 Å². The van der Waals surface area contributed by atoms with Crippen molar-refractivity contribution in [3.05, 3.63) is 0 Å². The Morgan fingerprint density at radius 1 is 1.00 bits per heavy atom. The molecule has 18 valence electrons.